The van der Waals surface area contributed by atoms with Crippen molar-refractivity contribution in [2.24, 2.45) is 0 Å². The standard InChI is InChI=1S/C17H21N3O3/c1-11-6-5-7-12(2)20(11)15(21)10-23-17(22)16-13-8-3-4-9-14(13)18-19-16/h3-4,8-9,11-12H,5-7,10H2,1-2H3,(H,18,19)/t11-,12-/m1/s1. The van der Waals surface area contributed by atoms with E-state index in [2.05, 4.69) is 10.2 Å². The molecule has 1 amide bonds. The number of nitrogens with one attached hydrogen (secondary N) is 1. The van der Waals surface area contributed by atoms with Crippen LogP contribution in [0.5, 0.6) is 0 Å². The Hall–Kier alpha value is -2.37. The zero-order valence-electron chi connectivity index (χ0n) is 13.4. The second-order valence-electron chi connectivity index (χ2n) is 6.12. The molecule has 2 aromatic rings. The van der Waals surface area contributed by atoms with E-state index in [1.807, 2.05) is 36.9 Å². The van der Waals surface area contributed by atoms with Crippen molar-refractivity contribution in [2.75, 3.05) is 6.61 Å². The Balaban J connectivity index is 1.65. The lowest BCUT2D eigenvalue weighted by Gasteiger charge is -2.38. The van der Waals surface area contributed by atoms with E-state index in [1.54, 1.807) is 6.07 Å². The van der Waals surface area contributed by atoms with E-state index in [4.69, 9.17) is 4.74 Å². The lowest BCUT2D eigenvalue weighted by molar-refractivity contribution is -0.140. The van der Waals surface area contributed by atoms with Gasteiger partial charge in [0.2, 0.25) is 0 Å². The second-order valence-corrected chi connectivity index (χ2v) is 6.12. The van der Waals surface area contributed by atoms with Gasteiger partial charge in [0.25, 0.3) is 5.91 Å². The number of aromatic nitrogens is 2. The Morgan fingerprint density at radius 3 is 2.70 bits per heavy atom. The number of H-pyrrole nitrogens is 1. The number of likely N-dealkylation sites (tertiary alicyclic amines) is 1. The summed E-state index contributed by atoms with van der Waals surface area (Å²) in [5, 5.41) is 7.48. The first-order valence-electron chi connectivity index (χ1n) is 7.99. The highest BCUT2D eigenvalue weighted by Gasteiger charge is 2.29. The summed E-state index contributed by atoms with van der Waals surface area (Å²) in [5.74, 6) is -0.717. The van der Waals surface area contributed by atoms with Gasteiger partial charge in [0.15, 0.2) is 12.3 Å². The first kappa shape index (κ1) is 15.5. The number of benzene rings is 1. The van der Waals surface area contributed by atoms with Crippen LogP contribution in [-0.2, 0) is 9.53 Å². The van der Waals surface area contributed by atoms with Crippen LogP contribution in [0.25, 0.3) is 10.9 Å². The maximum atomic E-state index is 12.4. The zero-order chi connectivity index (χ0) is 16.4. The van der Waals surface area contributed by atoms with Crippen molar-refractivity contribution in [1.82, 2.24) is 15.1 Å². The third-order valence-corrected chi connectivity index (χ3v) is 4.47. The smallest absolute Gasteiger partial charge is 0.359 e. The molecule has 0 saturated carbocycles. The number of hydrogen-bond acceptors (Lipinski definition) is 4. The summed E-state index contributed by atoms with van der Waals surface area (Å²) in [5.41, 5.74) is 0.984. The number of esters is 1. The number of carbonyl (C=O) groups excluding carboxylic acids is 2. The van der Waals surface area contributed by atoms with Gasteiger partial charge in [-0.25, -0.2) is 4.79 Å². The largest absolute Gasteiger partial charge is 0.451 e. The average molecular weight is 315 g/mol. The van der Waals surface area contributed by atoms with Crippen molar-refractivity contribution < 1.29 is 14.3 Å². The molecule has 0 aliphatic carbocycles. The minimum atomic E-state index is -0.576. The van der Waals surface area contributed by atoms with Crippen LogP contribution in [0.4, 0.5) is 0 Å². The molecule has 1 aliphatic rings. The highest BCUT2D eigenvalue weighted by Crippen LogP contribution is 2.22. The zero-order valence-corrected chi connectivity index (χ0v) is 13.4. The van der Waals surface area contributed by atoms with Crippen LogP contribution in [0, 0.1) is 0 Å². The van der Waals surface area contributed by atoms with Gasteiger partial charge < -0.3 is 9.64 Å². The molecule has 1 N–H and O–H groups in total. The van der Waals surface area contributed by atoms with Gasteiger partial charge in [-0.3, -0.25) is 9.89 Å². The molecule has 122 valence electrons. The fourth-order valence-corrected chi connectivity index (χ4v) is 3.30. The molecular formula is C17H21N3O3. The molecule has 23 heavy (non-hydrogen) atoms. The normalized spacial score (nSPS) is 21.4. The minimum absolute atomic E-state index is 0.141. The summed E-state index contributed by atoms with van der Waals surface area (Å²) in [7, 11) is 0. The van der Waals surface area contributed by atoms with E-state index in [-0.39, 0.29) is 30.3 Å². The maximum absolute atomic E-state index is 12.4. The molecular weight excluding hydrogens is 294 g/mol. The van der Waals surface area contributed by atoms with Gasteiger partial charge >= 0.3 is 5.97 Å². The summed E-state index contributed by atoms with van der Waals surface area (Å²) in [6, 6.07) is 7.70. The molecule has 1 fully saturated rings. The van der Waals surface area contributed by atoms with Crippen molar-refractivity contribution in [2.45, 2.75) is 45.2 Å². The Bertz CT molecular complexity index is 715. The van der Waals surface area contributed by atoms with Gasteiger partial charge in [-0.2, -0.15) is 5.10 Å². The van der Waals surface area contributed by atoms with Crippen LogP contribution >= 0.6 is 0 Å². The lowest BCUT2D eigenvalue weighted by atomic mass is 9.97. The van der Waals surface area contributed by atoms with Crippen LogP contribution in [0.2, 0.25) is 0 Å². The maximum Gasteiger partial charge on any atom is 0.359 e. The van der Waals surface area contributed by atoms with E-state index >= 15 is 0 Å². The van der Waals surface area contributed by atoms with Crippen molar-refractivity contribution in [1.29, 1.82) is 0 Å². The number of para-hydroxylation sites is 1. The number of nitrogens with zero attached hydrogens (tertiary/aromatic N) is 2. The highest BCUT2D eigenvalue weighted by molar-refractivity contribution is 6.02. The van der Waals surface area contributed by atoms with Crippen LogP contribution in [0.15, 0.2) is 24.3 Å². The van der Waals surface area contributed by atoms with Gasteiger partial charge in [-0.1, -0.05) is 18.2 Å². The second kappa shape index (κ2) is 6.40. The number of piperidine rings is 1. The summed E-state index contributed by atoms with van der Waals surface area (Å²) in [6.07, 6.45) is 3.12. The molecule has 6 nitrogen and oxygen atoms in total. The number of hydrogen-bond donors (Lipinski definition) is 1. The van der Waals surface area contributed by atoms with Gasteiger partial charge in [0.05, 0.1) is 5.52 Å². The molecule has 2 atom stereocenters. The number of amides is 1. The third kappa shape index (κ3) is 3.06. The first-order chi connectivity index (χ1) is 11.1. The lowest BCUT2D eigenvalue weighted by Crippen LogP contribution is -2.49. The molecule has 1 saturated heterocycles. The summed E-state index contributed by atoms with van der Waals surface area (Å²) >= 11 is 0. The van der Waals surface area contributed by atoms with Crippen LogP contribution in [0.3, 0.4) is 0 Å². The predicted molar refractivity (Wildman–Crippen MR) is 86.0 cm³/mol. The molecule has 0 radical (unpaired) electrons. The van der Waals surface area contributed by atoms with Crippen LogP contribution < -0.4 is 0 Å². The summed E-state index contributed by atoms with van der Waals surface area (Å²) < 4.78 is 5.19. The number of carbonyl (C=O) groups is 2. The molecule has 0 bridgehead atoms. The highest BCUT2D eigenvalue weighted by atomic mass is 16.5. The summed E-state index contributed by atoms with van der Waals surface area (Å²) in [4.78, 5) is 26.4. The molecule has 0 unspecified atom stereocenters. The van der Waals surface area contributed by atoms with Crippen molar-refractivity contribution in [3.05, 3.63) is 30.0 Å². The SMILES string of the molecule is C[C@@H]1CCC[C@@H](C)N1C(=O)COC(=O)c1n[nH]c2ccccc12. The molecule has 2 heterocycles. The predicted octanol–water partition coefficient (Wildman–Crippen LogP) is 2.51. The molecule has 1 aliphatic heterocycles. The van der Waals surface area contributed by atoms with Crippen LogP contribution in [0.1, 0.15) is 43.6 Å². The fourth-order valence-electron chi connectivity index (χ4n) is 3.30. The minimum Gasteiger partial charge on any atom is -0.451 e. The molecule has 6 heteroatoms. The topological polar surface area (TPSA) is 75.3 Å². The van der Waals surface area contributed by atoms with Gasteiger partial charge in [-0.05, 0) is 39.2 Å². The third-order valence-electron chi connectivity index (χ3n) is 4.47. The van der Waals surface area contributed by atoms with E-state index in [1.165, 1.54) is 0 Å². The summed E-state index contributed by atoms with van der Waals surface area (Å²) in [6.45, 7) is 3.84. The van der Waals surface area contributed by atoms with Crippen molar-refractivity contribution in [3.8, 4) is 0 Å². The Kier molecular flexibility index (Phi) is 4.32. The van der Waals surface area contributed by atoms with Gasteiger partial charge in [0.1, 0.15) is 0 Å². The monoisotopic (exact) mass is 315 g/mol. The van der Waals surface area contributed by atoms with Gasteiger partial charge in [0, 0.05) is 17.5 Å². The quantitative estimate of drug-likeness (QED) is 0.883. The number of aromatic amines is 1. The number of rotatable bonds is 3. The van der Waals surface area contributed by atoms with Crippen molar-refractivity contribution in [3.63, 3.8) is 0 Å². The van der Waals surface area contributed by atoms with Crippen molar-refractivity contribution >= 4 is 22.8 Å². The van der Waals surface area contributed by atoms with Gasteiger partial charge in [-0.15, -0.1) is 0 Å². The average Bonchev–Trinajstić information content (AvgIpc) is 2.96. The number of ether oxygens (including phenoxy) is 1. The number of fused-ring (bicyclic) bond motifs is 1. The first-order valence-corrected chi connectivity index (χ1v) is 7.99. The molecule has 1 aromatic heterocycles. The van der Waals surface area contributed by atoms with E-state index in [0.717, 1.165) is 24.8 Å². The van der Waals surface area contributed by atoms with E-state index < -0.39 is 5.97 Å². The van der Waals surface area contributed by atoms with E-state index in [9.17, 15) is 9.59 Å². The molecule has 3 rings (SSSR count). The Morgan fingerprint density at radius 2 is 1.96 bits per heavy atom. The Labute approximate surface area is 134 Å². The fraction of sp³-hybridized carbons (Fsp3) is 0.471. The van der Waals surface area contributed by atoms with Crippen LogP contribution in [-0.4, -0.2) is 45.7 Å². The molecule has 0 spiro atoms. The molecule has 1 aromatic carbocycles. The van der Waals surface area contributed by atoms with E-state index in [0.29, 0.717) is 5.39 Å². The Morgan fingerprint density at radius 1 is 1.26 bits per heavy atom.